The van der Waals surface area contributed by atoms with Gasteiger partial charge in [0.25, 0.3) is 5.91 Å². The van der Waals surface area contributed by atoms with Crippen LogP contribution in [0.1, 0.15) is 41.6 Å². The van der Waals surface area contributed by atoms with Crippen LogP contribution in [0, 0.1) is 12.8 Å². The van der Waals surface area contributed by atoms with Gasteiger partial charge in [0, 0.05) is 42.4 Å². The van der Waals surface area contributed by atoms with Gasteiger partial charge in [0.2, 0.25) is 5.91 Å². The van der Waals surface area contributed by atoms with Gasteiger partial charge >= 0.3 is 0 Å². The lowest BCUT2D eigenvalue weighted by Gasteiger charge is -2.33. The van der Waals surface area contributed by atoms with Crippen molar-refractivity contribution in [3.63, 3.8) is 0 Å². The molecule has 1 saturated heterocycles. The number of halogens is 1. The van der Waals surface area contributed by atoms with Crippen molar-refractivity contribution < 1.29 is 19.1 Å². The summed E-state index contributed by atoms with van der Waals surface area (Å²) in [4.78, 5) is 40.1. The Morgan fingerprint density at radius 2 is 1.76 bits per heavy atom. The van der Waals surface area contributed by atoms with Crippen molar-refractivity contribution in [1.29, 1.82) is 0 Å². The van der Waals surface area contributed by atoms with Crippen LogP contribution in [0.25, 0.3) is 0 Å². The van der Waals surface area contributed by atoms with Gasteiger partial charge in [0.1, 0.15) is 11.5 Å². The fourth-order valence-corrected chi connectivity index (χ4v) is 4.32. The average Bonchev–Trinajstić information content (AvgIpc) is 2.85. The molecule has 2 aromatic carbocycles. The second kappa shape index (κ2) is 9.75. The highest BCUT2D eigenvalue weighted by Crippen LogP contribution is 2.27. The predicted octanol–water partition coefficient (Wildman–Crippen LogP) is 4.26. The summed E-state index contributed by atoms with van der Waals surface area (Å²) in [5.74, 6) is 0.327. The van der Waals surface area contributed by atoms with Gasteiger partial charge in [-0.2, -0.15) is 5.10 Å². The topological polar surface area (TPSA) is 79.3 Å². The van der Waals surface area contributed by atoms with E-state index in [1.165, 1.54) is 5.01 Å². The highest BCUT2D eigenvalue weighted by Gasteiger charge is 2.32. The van der Waals surface area contributed by atoms with Crippen LogP contribution in [0.15, 0.2) is 47.6 Å². The van der Waals surface area contributed by atoms with Gasteiger partial charge in [-0.3, -0.25) is 14.4 Å². The summed E-state index contributed by atoms with van der Waals surface area (Å²) in [6.07, 6.45) is 1.71. The number of hydrogen-bond donors (Lipinski definition) is 0. The lowest BCUT2D eigenvalue weighted by atomic mass is 9.88. The summed E-state index contributed by atoms with van der Waals surface area (Å²) < 4.78 is 5.15. The molecule has 172 valence electrons. The molecule has 0 aromatic heterocycles. The Balaban J connectivity index is 1.41. The van der Waals surface area contributed by atoms with Crippen LogP contribution in [-0.2, 0) is 9.59 Å². The number of rotatable bonds is 5. The number of hydrogen-bond acceptors (Lipinski definition) is 5. The summed E-state index contributed by atoms with van der Waals surface area (Å²) in [5, 5.41) is 6.17. The lowest BCUT2D eigenvalue weighted by molar-refractivity contribution is -0.125. The van der Waals surface area contributed by atoms with Gasteiger partial charge in [-0.05, 0) is 61.7 Å². The maximum absolute atomic E-state index is 13.1. The van der Waals surface area contributed by atoms with Crippen molar-refractivity contribution >= 4 is 40.6 Å². The molecular formula is C25H26ClN3O4. The SMILES string of the molecule is COc1ccc(C(=O)C2CCN(C(=O)C3=NN(c4ccc(C)c(Cl)c4)C(=O)CC3)CC2)cc1. The van der Waals surface area contributed by atoms with Gasteiger partial charge in [-0.1, -0.05) is 17.7 Å². The maximum Gasteiger partial charge on any atom is 0.270 e. The van der Waals surface area contributed by atoms with E-state index >= 15 is 0 Å². The van der Waals surface area contributed by atoms with Gasteiger partial charge in [-0.15, -0.1) is 0 Å². The molecule has 0 unspecified atom stereocenters. The third kappa shape index (κ3) is 4.93. The molecule has 2 heterocycles. The van der Waals surface area contributed by atoms with Gasteiger partial charge in [0.05, 0.1) is 12.8 Å². The molecule has 4 rings (SSSR count). The molecule has 0 N–H and O–H groups in total. The number of hydrazone groups is 1. The van der Waals surface area contributed by atoms with E-state index in [9.17, 15) is 14.4 Å². The van der Waals surface area contributed by atoms with Crippen LogP contribution in [-0.4, -0.2) is 48.4 Å². The van der Waals surface area contributed by atoms with E-state index in [2.05, 4.69) is 5.10 Å². The molecule has 0 spiro atoms. The first-order chi connectivity index (χ1) is 15.9. The minimum absolute atomic E-state index is 0.0905. The number of ketones is 1. The summed E-state index contributed by atoms with van der Waals surface area (Å²) in [6, 6.07) is 12.4. The molecule has 0 atom stereocenters. The first kappa shape index (κ1) is 23.0. The summed E-state index contributed by atoms with van der Waals surface area (Å²) in [6.45, 7) is 2.84. The number of nitrogens with zero attached hydrogens (tertiary/aromatic N) is 3. The highest BCUT2D eigenvalue weighted by atomic mass is 35.5. The van der Waals surface area contributed by atoms with E-state index in [1.54, 1.807) is 48.4 Å². The van der Waals surface area contributed by atoms with E-state index in [0.717, 1.165) is 5.56 Å². The Kier molecular flexibility index (Phi) is 6.79. The normalized spacial score (nSPS) is 17.1. The Bertz CT molecular complexity index is 1110. The van der Waals surface area contributed by atoms with Gasteiger partial charge < -0.3 is 9.64 Å². The lowest BCUT2D eigenvalue weighted by Crippen LogP contribution is -2.45. The zero-order valence-electron chi connectivity index (χ0n) is 18.7. The van der Waals surface area contributed by atoms with Crippen LogP contribution in [0.3, 0.4) is 0 Å². The van der Waals surface area contributed by atoms with Crippen LogP contribution in [0.4, 0.5) is 5.69 Å². The van der Waals surface area contributed by atoms with Crippen LogP contribution >= 0.6 is 11.6 Å². The number of anilines is 1. The van der Waals surface area contributed by atoms with Crippen molar-refractivity contribution in [1.82, 2.24) is 4.90 Å². The van der Waals surface area contributed by atoms with Crippen molar-refractivity contribution in [2.24, 2.45) is 11.0 Å². The molecule has 1 fully saturated rings. The number of carbonyl (C=O) groups excluding carboxylic acids is 3. The number of Topliss-reactive ketones (excluding diaryl/α,β-unsaturated/α-hetero) is 1. The van der Waals surface area contributed by atoms with Crippen LogP contribution < -0.4 is 9.75 Å². The minimum atomic E-state index is -0.180. The summed E-state index contributed by atoms with van der Waals surface area (Å²) in [5.41, 5.74) is 2.45. The smallest absolute Gasteiger partial charge is 0.270 e. The van der Waals surface area contributed by atoms with Crippen LogP contribution in [0.5, 0.6) is 5.75 Å². The Morgan fingerprint density at radius 3 is 2.39 bits per heavy atom. The number of amides is 2. The average molecular weight is 468 g/mol. The van der Waals surface area contributed by atoms with Crippen LogP contribution in [0.2, 0.25) is 5.02 Å². The summed E-state index contributed by atoms with van der Waals surface area (Å²) in [7, 11) is 1.59. The highest BCUT2D eigenvalue weighted by molar-refractivity contribution is 6.40. The van der Waals surface area contributed by atoms with E-state index in [4.69, 9.17) is 16.3 Å². The van der Waals surface area contributed by atoms with Crippen molar-refractivity contribution in [3.8, 4) is 5.75 Å². The van der Waals surface area contributed by atoms with Gasteiger partial charge in [0.15, 0.2) is 5.78 Å². The maximum atomic E-state index is 13.1. The zero-order valence-corrected chi connectivity index (χ0v) is 19.5. The third-order valence-electron chi connectivity index (χ3n) is 6.21. The molecule has 2 aliphatic heterocycles. The van der Waals surface area contributed by atoms with Crippen molar-refractivity contribution in [3.05, 3.63) is 58.6 Å². The second-order valence-electron chi connectivity index (χ2n) is 8.34. The van der Waals surface area contributed by atoms with E-state index in [-0.39, 0.29) is 29.9 Å². The van der Waals surface area contributed by atoms with Crippen molar-refractivity contribution in [2.75, 3.05) is 25.2 Å². The molecule has 8 heteroatoms. The fourth-order valence-electron chi connectivity index (χ4n) is 4.14. The monoisotopic (exact) mass is 467 g/mol. The Morgan fingerprint density at radius 1 is 1.06 bits per heavy atom. The fraction of sp³-hybridized carbons (Fsp3) is 0.360. The molecule has 0 radical (unpaired) electrons. The molecule has 33 heavy (non-hydrogen) atoms. The predicted molar refractivity (Wildman–Crippen MR) is 127 cm³/mol. The largest absolute Gasteiger partial charge is 0.497 e. The molecule has 0 bridgehead atoms. The molecule has 7 nitrogen and oxygen atoms in total. The number of methoxy groups -OCH3 is 1. The number of benzene rings is 2. The quantitative estimate of drug-likeness (QED) is 0.615. The minimum Gasteiger partial charge on any atom is -0.497 e. The number of carbonyl (C=O) groups is 3. The first-order valence-electron chi connectivity index (χ1n) is 11.0. The first-order valence-corrected chi connectivity index (χ1v) is 11.4. The van der Waals surface area contributed by atoms with Crippen molar-refractivity contribution in [2.45, 2.75) is 32.6 Å². The standard InChI is InChI=1S/C25H26ClN3O4/c1-16-3-6-19(15-21(16)26)29-23(30)10-9-22(27-29)25(32)28-13-11-18(12-14-28)24(31)17-4-7-20(33-2)8-5-17/h3-8,15,18H,9-14H2,1-2H3. The molecule has 0 saturated carbocycles. The number of ether oxygens (including phenoxy) is 1. The van der Waals surface area contributed by atoms with E-state index in [0.29, 0.717) is 60.1 Å². The number of aryl methyl sites for hydroxylation is 1. The molecular weight excluding hydrogens is 442 g/mol. The molecule has 0 aliphatic carbocycles. The van der Waals surface area contributed by atoms with E-state index in [1.807, 2.05) is 13.0 Å². The zero-order chi connectivity index (χ0) is 23.5. The Labute approximate surface area is 198 Å². The molecule has 2 aliphatic rings. The molecule has 2 aromatic rings. The van der Waals surface area contributed by atoms with Gasteiger partial charge in [-0.25, -0.2) is 5.01 Å². The second-order valence-corrected chi connectivity index (χ2v) is 8.75. The molecule has 2 amide bonds. The summed E-state index contributed by atoms with van der Waals surface area (Å²) >= 11 is 6.20. The Hall–Kier alpha value is -3.19. The number of piperidine rings is 1. The van der Waals surface area contributed by atoms with E-state index < -0.39 is 0 Å². The number of likely N-dealkylation sites (tertiary alicyclic amines) is 1. The third-order valence-corrected chi connectivity index (χ3v) is 6.61.